The summed E-state index contributed by atoms with van der Waals surface area (Å²) in [6.07, 6.45) is 0. The number of rotatable bonds is 4. The smallest absolute Gasteiger partial charge is 0.262 e. The predicted molar refractivity (Wildman–Crippen MR) is 86.8 cm³/mol. The maximum Gasteiger partial charge on any atom is 0.262 e. The third-order valence-corrected chi connectivity index (χ3v) is 3.56. The Hall–Kier alpha value is -1.42. The van der Waals surface area contributed by atoms with Crippen LogP contribution < -0.4 is 10.1 Å². The van der Waals surface area contributed by atoms with Crippen molar-refractivity contribution < 1.29 is 9.53 Å². The Morgan fingerprint density at radius 1 is 1.14 bits per heavy atom. The molecule has 0 aliphatic rings. The van der Waals surface area contributed by atoms with E-state index in [-0.39, 0.29) is 12.5 Å². The van der Waals surface area contributed by atoms with Crippen molar-refractivity contribution in [2.24, 2.45) is 0 Å². The summed E-state index contributed by atoms with van der Waals surface area (Å²) in [4.78, 5) is 11.9. The van der Waals surface area contributed by atoms with Crippen LogP contribution in [0, 0.1) is 6.92 Å². The molecule has 1 N–H and O–H groups in total. The molecule has 6 heteroatoms. The van der Waals surface area contributed by atoms with Gasteiger partial charge in [0.05, 0.1) is 10.0 Å². The molecule has 0 unspecified atom stereocenters. The Morgan fingerprint density at radius 2 is 1.81 bits per heavy atom. The van der Waals surface area contributed by atoms with Gasteiger partial charge in [0.25, 0.3) is 5.91 Å². The van der Waals surface area contributed by atoms with Crippen LogP contribution in [0.25, 0.3) is 0 Å². The Kier molecular flexibility index (Phi) is 5.34. The SMILES string of the molecule is Cc1cc(Cl)ccc1NC(=O)COc1c(Cl)cccc1Cl. The van der Waals surface area contributed by atoms with E-state index >= 15 is 0 Å². The molecular weight excluding hydrogens is 333 g/mol. The number of halogens is 3. The molecule has 0 aliphatic heterocycles. The van der Waals surface area contributed by atoms with Crippen molar-refractivity contribution in [2.45, 2.75) is 6.92 Å². The van der Waals surface area contributed by atoms with Gasteiger partial charge in [0, 0.05) is 10.7 Å². The molecule has 0 saturated heterocycles. The molecule has 0 saturated carbocycles. The Labute approximate surface area is 137 Å². The maximum atomic E-state index is 11.9. The van der Waals surface area contributed by atoms with Crippen LogP contribution in [0.1, 0.15) is 5.56 Å². The van der Waals surface area contributed by atoms with Crippen LogP contribution in [0.4, 0.5) is 5.69 Å². The summed E-state index contributed by atoms with van der Waals surface area (Å²) in [5.74, 6) is -0.0137. The van der Waals surface area contributed by atoms with Gasteiger partial charge < -0.3 is 10.1 Å². The van der Waals surface area contributed by atoms with Crippen LogP contribution >= 0.6 is 34.8 Å². The predicted octanol–water partition coefficient (Wildman–Crippen LogP) is 4.97. The van der Waals surface area contributed by atoms with Crippen molar-refractivity contribution in [2.75, 3.05) is 11.9 Å². The van der Waals surface area contributed by atoms with Crippen LogP contribution in [0.2, 0.25) is 15.1 Å². The first-order chi connectivity index (χ1) is 9.97. The number of amides is 1. The molecule has 21 heavy (non-hydrogen) atoms. The zero-order chi connectivity index (χ0) is 15.4. The second-order valence-electron chi connectivity index (χ2n) is 4.35. The van der Waals surface area contributed by atoms with E-state index in [0.29, 0.717) is 26.5 Å². The molecule has 0 bridgehead atoms. The topological polar surface area (TPSA) is 38.3 Å². The first-order valence-electron chi connectivity index (χ1n) is 6.10. The van der Waals surface area contributed by atoms with E-state index in [4.69, 9.17) is 39.5 Å². The van der Waals surface area contributed by atoms with Crippen LogP contribution in [0.15, 0.2) is 36.4 Å². The number of benzene rings is 2. The molecule has 1 amide bonds. The van der Waals surface area contributed by atoms with E-state index in [1.54, 1.807) is 36.4 Å². The minimum Gasteiger partial charge on any atom is -0.481 e. The summed E-state index contributed by atoms with van der Waals surface area (Å²) in [6, 6.07) is 10.2. The number of carbonyl (C=O) groups excluding carboxylic acids is 1. The average molecular weight is 345 g/mol. The number of nitrogens with one attached hydrogen (secondary N) is 1. The molecule has 0 radical (unpaired) electrons. The van der Waals surface area contributed by atoms with Gasteiger partial charge in [-0.25, -0.2) is 0 Å². The molecule has 0 fully saturated rings. The second-order valence-corrected chi connectivity index (χ2v) is 5.60. The Balaban J connectivity index is 1.99. The van der Waals surface area contributed by atoms with Gasteiger partial charge >= 0.3 is 0 Å². The third kappa shape index (κ3) is 4.27. The lowest BCUT2D eigenvalue weighted by Crippen LogP contribution is -2.20. The van der Waals surface area contributed by atoms with Crippen molar-refractivity contribution in [1.82, 2.24) is 0 Å². The fourth-order valence-corrected chi connectivity index (χ4v) is 2.44. The van der Waals surface area contributed by atoms with Gasteiger partial charge in [-0.1, -0.05) is 40.9 Å². The molecule has 2 rings (SSSR count). The molecule has 0 aliphatic carbocycles. The van der Waals surface area contributed by atoms with Crippen LogP contribution in [-0.2, 0) is 4.79 Å². The monoisotopic (exact) mass is 343 g/mol. The van der Waals surface area contributed by atoms with Gasteiger partial charge in [-0.15, -0.1) is 0 Å². The highest BCUT2D eigenvalue weighted by Gasteiger charge is 2.10. The number of carbonyl (C=O) groups is 1. The third-order valence-electron chi connectivity index (χ3n) is 2.73. The van der Waals surface area contributed by atoms with Gasteiger partial charge in [0.2, 0.25) is 0 Å². The summed E-state index contributed by atoms with van der Waals surface area (Å²) in [6.45, 7) is 1.67. The van der Waals surface area contributed by atoms with E-state index < -0.39 is 0 Å². The first-order valence-corrected chi connectivity index (χ1v) is 7.23. The van der Waals surface area contributed by atoms with Crippen LogP contribution in [0.3, 0.4) is 0 Å². The summed E-state index contributed by atoms with van der Waals surface area (Å²) in [7, 11) is 0. The standard InChI is InChI=1S/C15H12Cl3NO2/c1-9-7-10(16)5-6-13(9)19-14(20)8-21-15-11(17)3-2-4-12(15)18/h2-7H,8H2,1H3,(H,19,20). The number of para-hydroxylation sites is 1. The highest BCUT2D eigenvalue weighted by molar-refractivity contribution is 6.37. The molecule has 0 heterocycles. The molecule has 3 nitrogen and oxygen atoms in total. The maximum absolute atomic E-state index is 11.9. The van der Waals surface area contributed by atoms with Crippen molar-refractivity contribution in [3.05, 3.63) is 57.0 Å². The van der Waals surface area contributed by atoms with E-state index in [1.165, 1.54) is 0 Å². The Morgan fingerprint density at radius 3 is 2.43 bits per heavy atom. The number of aryl methyl sites for hydroxylation is 1. The van der Waals surface area contributed by atoms with Gasteiger partial charge in [0.1, 0.15) is 0 Å². The highest BCUT2D eigenvalue weighted by atomic mass is 35.5. The minimum absolute atomic E-state index is 0.189. The average Bonchev–Trinajstić information content (AvgIpc) is 2.41. The van der Waals surface area contributed by atoms with Gasteiger partial charge in [-0.05, 0) is 42.8 Å². The number of ether oxygens (including phenoxy) is 1. The van der Waals surface area contributed by atoms with E-state index in [2.05, 4.69) is 5.32 Å². The molecule has 110 valence electrons. The van der Waals surface area contributed by atoms with Crippen molar-refractivity contribution in [1.29, 1.82) is 0 Å². The van der Waals surface area contributed by atoms with Gasteiger partial charge in [-0.2, -0.15) is 0 Å². The van der Waals surface area contributed by atoms with Crippen molar-refractivity contribution >= 4 is 46.4 Å². The summed E-state index contributed by atoms with van der Waals surface area (Å²) < 4.78 is 5.36. The molecule has 0 aromatic heterocycles. The van der Waals surface area contributed by atoms with Crippen LogP contribution in [0.5, 0.6) is 5.75 Å². The summed E-state index contributed by atoms with van der Waals surface area (Å²) in [5.41, 5.74) is 1.55. The van der Waals surface area contributed by atoms with E-state index in [9.17, 15) is 4.79 Å². The van der Waals surface area contributed by atoms with E-state index in [1.807, 2.05) is 6.92 Å². The minimum atomic E-state index is -0.309. The fraction of sp³-hybridized carbons (Fsp3) is 0.133. The molecule has 0 spiro atoms. The largest absolute Gasteiger partial charge is 0.481 e. The van der Waals surface area contributed by atoms with Crippen molar-refractivity contribution in [3.8, 4) is 5.75 Å². The normalized spacial score (nSPS) is 10.3. The van der Waals surface area contributed by atoms with E-state index in [0.717, 1.165) is 5.56 Å². The van der Waals surface area contributed by atoms with Gasteiger partial charge in [-0.3, -0.25) is 4.79 Å². The lowest BCUT2D eigenvalue weighted by Gasteiger charge is -2.11. The number of anilines is 1. The fourth-order valence-electron chi connectivity index (χ4n) is 1.71. The molecule has 2 aromatic carbocycles. The highest BCUT2D eigenvalue weighted by Crippen LogP contribution is 2.32. The second kappa shape index (κ2) is 7.03. The summed E-state index contributed by atoms with van der Waals surface area (Å²) in [5, 5.41) is 4.07. The lowest BCUT2D eigenvalue weighted by molar-refractivity contribution is -0.118. The lowest BCUT2D eigenvalue weighted by atomic mass is 10.2. The Bertz CT molecular complexity index is 654. The molecular formula is C15H12Cl3NO2. The zero-order valence-electron chi connectivity index (χ0n) is 11.1. The van der Waals surface area contributed by atoms with Crippen molar-refractivity contribution in [3.63, 3.8) is 0 Å². The molecule has 2 aromatic rings. The quantitative estimate of drug-likeness (QED) is 0.850. The zero-order valence-corrected chi connectivity index (χ0v) is 13.4. The first kappa shape index (κ1) is 16.0. The van der Waals surface area contributed by atoms with Gasteiger partial charge in [0.15, 0.2) is 12.4 Å². The summed E-state index contributed by atoms with van der Waals surface area (Å²) >= 11 is 17.8. The number of hydrogen-bond donors (Lipinski definition) is 1. The number of hydrogen-bond acceptors (Lipinski definition) is 2. The molecule has 0 atom stereocenters. The van der Waals surface area contributed by atoms with Crippen LogP contribution in [-0.4, -0.2) is 12.5 Å².